The van der Waals surface area contributed by atoms with Crippen molar-refractivity contribution in [1.29, 1.82) is 0 Å². The number of hydrogen-bond donors (Lipinski definition) is 1. The molecule has 0 radical (unpaired) electrons. The molecular weight excluding hydrogens is 480 g/mol. The lowest BCUT2D eigenvalue weighted by Gasteiger charge is -2.28. The average molecular weight is 513 g/mol. The van der Waals surface area contributed by atoms with E-state index in [1.807, 2.05) is 36.4 Å². The lowest BCUT2D eigenvalue weighted by atomic mass is 9.99. The molecule has 2 aliphatic rings. The molecule has 38 heavy (non-hydrogen) atoms. The molecule has 1 saturated heterocycles. The molecule has 0 spiro atoms. The maximum absolute atomic E-state index is 12.5. The second kappa shape index (κ2) is 12.5. The summed E-state index contributed by atoms with van der Waals surface area (Å²) in [4.78, 5) is 28.9. The van der Waals surface area contributed by atoms with Crippen molar-refractivity contribution < 1.29 is 19.1 Å². The van der Waals surface area contributed by atoms with E-state index in [1.165, 1.54) is 16.7 Å². The van der Waals surface area contributed by atoms with Crippen LogP contribution in [0.25, 0.3) is 0 Å². The van der Waals surface area contributed by atoms with Gasteiger partial charge in [0.25, 0.3) is 11.8 Å². The minimum Gasteiger partial charge on any atom is -0.484 e. The monoisotopic (exact) mass is 512 g/mol. The van der Waals surface area contributed by atoms with Crippen LogP contribution in [0.5, 0.6) is 5.75 Å². The molecule has 1 fully saturated rings. The Bertz CT molecular complexity index is 1270. The molecule has 1 N–H and O–H groups in total. The van der Waals surface area contributed by atoms with Crippen molar-refractivity contribution in [1.82, 2.24) is 15.2 Å². The van der Waals surface area contributed by atoms with Gasteiger partial charge in [0.2, 0.25) is 0 Å². The molecule has 2 amide bonds. The van der Waals surface area contributed by atoms with Gasteiger partial charge in [0.05, 0.1) is 19.4 Å². The summed E-state index contributed by atoms with van der Waals surface area (Å²) < 4.78 is 10.9. The summed E-state index contributed by atoms with van der Waals surface area (Å²) in [7, 11) is 0. The minimum absolute atomic E-state index is 0.00568. The molecule has 2 aliphatic heterocycles. The number of nitrogens with one attached hydrogen (secondary N) is 1. The van der Waals surface area contributed by atoms with Gasteiger partial charge in [-0.05, 0) is 65.1 Å². The van der Waals surface area contributed by atoms with Crippen LogP contribution < -0.4 is 10.2 Å². The van der Waals surface area contributed by atoms with Crippen LogP contribution in [0.15, 0.2) is 77.9 Å². The van der Waals surface area contributed by atoms with Crippen LogP contribution >= 0.6 is 0 Å². The second-order valence-corrected chi connectivity index (χ2v) is 9.48. The molecule has 2 heterocycles. The number of amides is 2. The molecule has 3 aromatic carbocycles. The first kappa shape index (κ1) is 25.6. The number of ether oxygens (including phenoxy) is 2. The molecule has 0 atom stereocenters. The first-order chi connectivity index (χ1) is 18.6. The SMILES string of the molecule is O=C(NN=Cc1ccc(OCC(=O)N2CCOCC2)cc1)c1ccc(CN2CCc3ccccc3C2)cc1. The topological polar surface area (TPSA) is 83.5 Å². The Kier molecular flexibility index (Phi) is 8.42. The van der Waals surface area contributed by atoms with Crippen LogP contribution in [0.3, 0.4) is 0 Å². The van der Waals surface area contributed by atoms with Crippen molar-refractivity contribution in [2.24, 2.45) is 5.10 Å². The van der Waals surface area contributed by atoms with E-state index in [1.54, 1.807) is 23.2 Å². The largest absolute Gasteiger partial charge is 0.484 e. The summed E-state index contributed by atoms with van der Waals surface area (Å²) in [5.41, 5.74) is 7.96. The Balaban J connectivity index is 1.06. The normalized spacial score (nSPS) is 15.7. The lowest BCUT2D eigenvalue weighted by Crippen LogP contribution is -2.42. The van der Waals surface area contributed by atoms with E-state index < -0.39 is 0 Å². The van der Waals surface area contributed by atoms with E-state index >= 15 is 0 Å². The Labute approximate surface area is 222 Å². The van der Waals surface area contributed by atoms with E-state index in [0.29, 0.717) is 37.6 Å². The second-order valence-electron chi connectivity index (χ2n) is 9.48. The maximum atomic E-state index is 12.5. The first-order valence-corrected chi connectivity index (χ1v) is 12.9. The fourth-order valence-corrected chi connectivity index (χ4v) is 4.64. The number of carbonyl (C=O) groups excluding carboxylic acids is 2. The van der Waals surface area contributed by atoms with Crippen molar-refractivity contribution >= 4 is 18.0 Å². The molecule has 0 aliphatic carbocycles. The third-order valence-corrected chi connectivity index (χ3v) is 6.82. The zero-order valence-corrected chi connectivity index (χ0v) is 21.3. The van der Waals surface area contributed by atoms with E-state index in [0.717, 1.165) is 31.6 Å². The summed E-state index contributed by atoms with van der Waals surface area (Å²) in [6.07, 6.45) is 2.64. The van der Waals surface area contributed by atoms with Gasteiger partial charge in [0.1, 0.15) is 5.75 Å². The summed E-state index contributed by atoms with van der Waals surface area (Å²) in [5, 5.41) is 4.07. The highest BCUT2D eigenvalue weighted by atomic mass is 16.5. The third kappa shape index (κ3) is 6.85. The van der Waals surface area contributed by atoms with Gasteiger partial charge in [-0.25, -0.2) is 5.43 Å². The van der Waals surface area contributed by atoms with Gasteiger partial charge in [0.15, 0.2) is 6.61 Å². The quantitative estimate of drug-likeness (QED) is 0.370. The average Bonchev–Trinajstić information content (AvgIpc) is 2.97. The summed E-state index contributed by atoms with van der Waals surface area (Å²) in [6, 6.07) is 23.5. The number of hydrogen-bond acceptors (Lipinski definition) is 6. The predicted molar refractivity (Wildman–Crippen MR) is 145 cm³/mol. The Morgan fingerprint density at radius 2 is 1.66 bits per heavy atom. The minimum atomic E-state index is -0.263. The third-order valence-electron chi connectivity index (χ3n) is 6.82. The molecule has 0 saturated carbocycles. The van der Waals surface area contributed by atoms with Gasteiger partial charge in [-0.1, -0.05) is 36.4 Å². The number of carbonyl (C=O) groups is 2. The molecule has 0 aromatic heterocycles. The number of morpholine rings is 1. The molecule has 8 heteroatoms. The zero-order valence-electron chi connectivity index (χ0n) is 21.3. The van der Waals surface area contributed by atoms with Gasteiger partial charge < -0.3 is 14.4 Å². The van der Waals surface area contributed by atoms with Gasteiger partial charge >= 0.3 is 0 Å². The molecule has 196 valence electrons. The van der Waals surface area contributed by atoms with Gasteiger partial charge in [-0.2, -0.15) is 5.10 Å². The summed E-state index contributed by atoms with van der Waals surface area (Å²) in [5.74, 6) is 0.287. The van der Waals surface area contributed by atoms with Gasteiger partial charge in [-0.3, -0.25) is 14.5 Å². The van der Waals surface area contributed by atoms with Crippen LogP contribution in [0.2, 0.25) is 0 Å². The van der Waals surface area contributed by atoms with Crippen molar-refractivity contribution in [2.45, 2.75) is 19.5 Å². The molecule has 0 unspecified atom stereocenters. The fraction of sp³-hybridized carbons (Fsp3) is 0.300. The zero-order chi connectivity index (χ0) is 26.2. The molecule has 5 rings (SSSR count). The van der Waals surface area contributed by atoms with E-state index in [2.05, 4.69) is 39.7 Å². The first-order valence-electron chi connectivity index (χ1n) is 12.9. The standard InChI is InChI=1S/C30H32N4O4/c35-29(34-15-17-37-18-16-34)22-38-28-11-7-23(8-12-28)19-31-32-30(36)26-9-5-24(6-10-26)20-33-14-13-25-3-1-2-4-27(25)21-33/h1-12,19H,13-18,20-22H2,(H,32,36). The number of nitrogens with zero attached hydrogens (tertiary/aromatic N) is 3. The van der Waals surface area contributed by atoms with Crippen molar-refractivity contribution in [3.8, 4) is 5.75 Å². The van der Waals surface area contributed by atoms with Crippen molar-refractivity contribution in [2.75, 3.05) is 39.5 Å². The number of fused-ring (bicyclic) bond motifs is 1. The molecule has 8 nitrogen and oxygen atoms in total. The maximum Gasteiger partial charge on any atom is 0.271 e. The van der Waals surface area contributed by atoms with Crippen molar-refractivity contribution in [3.05, 3.63) is 101 Å². The number of rotatable bonds is 8. The highest BCUT2D eigenvalue weighted by Gasteiger charge is 2.17. The van der Waals surface area contributed by atoms with Crippen LogP contribution in [0.1, 0.15) is 32.6 Å². The van der Waals surface area contributed by atoms with Crippen LogP contribution in [0, 0.1) is 0 Å². The summed E-state index contributed by atoms with van der Waals surface area (Å²) in [6.45, 7) is 5.17. The van der Waals surface area contributed by atoms with E-state index in [4.69, 9.17) is 9.47 Å². The van der Waals surface area contributed by atoms with Crippen LogP contribution in [-0.2, 0) is 29.0 Å². The van der Waals surface area contributed by atoms with Crippen molar-refractivity contribution in [3.63, 3.8) is 0 Å². The number of benzene rings is 3. The molecule has 0 bridgehead atoms. The highest BCUT2D eigenvalue weighted by Crippen LogP contribution is 2.20. The number of hydrazone groups is 1. The van der Waals surface area contributed by atoms with Crippen LogP contribution in [-0.4, -0.2) is 67.3 Å². The van der Waals surface area contributed by atoms with Gasteiger partial charge in [-0.15, -0.1) is 0 Å². The van der Waals surface area contributed by atoms with E-state index in [-0.39, 0.29) is 18.4 Å². The fourth-order valence-electron chi connectivity index (χ4n) is 4.64. The Morgan fingerprint density at radius 1 is 0.921 bits per heavy atom. The van der Waals surface area contributed by atoms with Gasteiger partial charge in [0, 0.05) is 38.3 Å². The molecule has 3 aromatic rings. The Morgan fingerprint density at radius 3 is 2.42 bits per heavy atom. The molecular formula is C30H32N4O4. The highest BCUT2D eigenvalue weighted by molar-refractivity contribution is 5.94. The smallest absolute Gasteiger partial charge is 0.271 e. The Hall–Kier alpha value is -4.01. The lowest BCUT2D eigenvalue weighted by molar-refractivity contribution is -0.137. The van der Waals surface area contributed by atoms with Crippen LogP contribution in [0.4, 0.5) is 0 Å². The summed E-state index contributed by atoms with van der Waals surface area (Å²) >= 11 is 0. The van der Waals surface area contributed by atoms with E-state index in [9.17, 15) is 9.59 Å². The predicted octanol–water partition coefficient (Wildman–Crippen LogP) is 3.25.